The van der Waals surface area contributed by atoms with Crippen molar-refractivity contribution in [1.29, 1.82) is 0 Å². The number of rotatable bonds is 1. The van der Waals surface area contributed by atoms with Gasteiger partial charge >= 0.3 is 0 Å². The lowest BCUT2D eigenvalue weighted by Crippen LogP contribution is -2.09. The smallest absolute Gasteiger partial charge is 0.138 e. The standard InChI is InChI=1S/C12H13FS/c1-12(2,14-3)9-8-10-6-4-5-7-11(10)13/h4-7H,1-3H3. The quantitative estimate of drug-likeness (QED) is 0.638. The van der Waals surface area contributed by atoms with Crippen molar-refractivity contribution >= 4 is 11.8 Å². The minimum absolute atomic E-state index is 0.123. The van der Waals surface area contributed by atoms with Crippen molar-refractivity contribution < 1.29 is 4.39 Å². The van der Waals surface area contributed by atoms with Gasteiger partial charge < -0.3 is 0 Å². The summed E-state index contributed by atoms with van der Waals surface area (Å²) >= 11 is 1.66. The van der Waals surface area contributed by atoms with Gasteiger partial charge in [0.25, 0.3) is 0 Å². The van der Waals surface area contributed by atoms with Crippen molar-refractivity contribution in [3.63, 3.8) is 0 Å². The Morgan fingerprint density at radius 2 is 1.93 bits per heavy atom. The summed E-state index contributed by atoms with van der Waals surface area (Å²) in [5, 5.41) is 0. The average Bonchev–Trinajstić information content (AvgIpc) is 2.17. The summed E-state index contributed by atoms with van der Waals surface area (Å²) in [7, 11) is 0. The Balaban J connectivity index is 2.94. The molecular weight excluding hydrogens is 195 g/mol. The van der Waals surface area contributed by atoms with Crippen LogP contribution in [0, 0.1) is 17.7 Å². The van der Waals surface area contributed by atoms with Crippen LogP contribution < -0.4 is 0 Å². The summed E-state index contributed by atoms with van der Waals surface area (Å²) in [4.78, 5) is 0. The van der Waals surface area contributed by atoms with Gasteiger partial charge in [0.05, 0.1) is 10.3 Å². The second-order valence-corrected chi connectivity index (χ2v) is 4.87. The summed E-state index contributed by atoms with van der Waals surface area (Å²) in [5.74, 6) is 5.64. The monoisotopic (exact) mass is 208 g/mol. The topological polar surface area (TPSA) is 0 Å². The summed E-state index contributed by atoms with van der Waals surface area (Å²) in [6.07, 6.45) is 2.00. The van der Waals surface area contributed by atoms with Gasteiger partial charge in [-0.15, -0.1) is 11.8 Å². The number of halogens is 1. The molecule has 0 saturated carbocycles. The molecule has 0 fully saturated rings. The minimum atomic E-state index is -0.253. The van der Waals surface area contributed by atoms with Crippen LogP contribution in [0.4, 0.5) is 4.39 Å². The Hall–Kier alpha value is -0.940. The molecule has 0 aliphatic carbocycles. The number of thioether (sulfide) groups is 1. The van der Waals surface area contributed by atoms with Crippen LogP contribution in [-0.2, 0) is 0 Å². The second-order valence-electron chi connectivity index (χ2n) is 3.44. The highest BCUT2D eigenvalue weighted by Gasteiger charge is 2.10. The zero-order chi connectivity index (χ0) is 10.6. The predicted octanol–water partition coefficient (Wildman–Crippen LogP) is 3.32. The van der Waals surface area contributed by atoms with E-state index in [1.165, 1.54) is 6.07 Å². The largest absolute Gasteiger partial charge is 0.206 e. The van der Waals surface area contributed by atoms with E-state index in [9.17, 15) is 4.39 Å². The van der Waals surface area contributed by atoms with Crippen molar-refractivity contribution in [2.45, 2.75) is 18.6 Å². The molecule has 0 nitrogen and oxygen atoms in total. The molecule has 0 heterocycles. The molecule has 0 saturated heterocycles. The molecule has 0 radical (unpaired) electrons. The third-order valence-electron chi connectivity index (χ3n) is 1.88. The van der Waals surface area contributed by atoms with E-state index < -0.39 is 0 Å². The molecule has 14 heavy (non-hydrogen) atoms. The maximum absolute atomic E-state index is 13.2. The highest BCUT2D eigenvalue weighted by Crippen LogP contribution is 2.19. The van der Waals surface area contributed by atoms with Crippen LogP contribution in [0.1, 0.15) is 19.4 Å². The maximum atomic E-state index is 13.2. The third kappa shape index (κ3) is 3.08. The molecule has 1 aromatic carbocycles. The second kappa shape index (κ2) is 4.52. The van der Waals surface area contributed by atoms with E-state index in [-0.39, 0.29) is 10.6 Å². The highest BCUT2D eigenvalue weighted by atomic mass is 32.2. The predicted molar refractivity (Wildman–Crippen MR) is 60.9 cm³/mol. The fourth-order valence-electron chi connectivity index (χ4n) is 0.831. The van der Waals surface area contributed by atoms with Crippen molar-refractivity contribution in [2.24, 2.45) is 0 Å². The van der Waals surface area contributed by atoms with Crippen LogP contribution in [0.25, 0.3) is 0 Å². The lowest BCUT2D eigenvalue weighted by molar-refractivity contribution is 0.624. The molecule has 0 aromatic heterocycles. The molecule has 1 aromatic rings. The Labute approximate surface area is 88.9 Å². The summed E-state index contributed by atoms with van der Waals surface area (Å²) in [6, 6.07) is 6.58. The molecule has 0 N–H and O–H groups in total. The molecule has 0 aliphatic rings. The van der Waals surface area contributed by atoms with Crippen molar-refractivity contribution in [3.05, 3.63) is 35.6 Å². The van der Waals surface area contributed by atoms with Crippen LogP contribution in [-0.4, -0.2) is 11.0 Å². The average molecular weight is 208 g/mol. The van der Waals surface area contributed by atoms with Gasteiger partial charge in [-0.3, -0.25) is 0 Å². The van der Waals surface area contributed by atoms with Crippen LogP contribution in [0.2, 0.25) is 0 Å². The first kappa shape index (κ1) is 11.1. The minimum Gasteiger partial charge on any atom is -0.206 e. The Bertz CT molecular complexity index is 371. The molecule has 0 atom stereocenters. The summed E-state index contributed by atoms with van der Waals surface area (Å²) < 4.78 is 13.0. The van der Waals surface area contributed by atoms with E-state index in [1.54, 1.807) is 30.0 Å². The van der Waals surface area contributed by atoms with Gasteiger partial charge in [-0.05, 0) is 32.2 Å². The number of hydrogen-bond acceptors (Lipinski definition) is 1. The van der Waals surface area contributed by atoms with Gasteiger partial charge in [-0.1, -0.05) is 24.0 Å². The van der Waals surface area contributed by atoms with Crippen LogP contribution in [0.3, 0.4) is 0 Å². The fourth-order valence-corrected chi connectivity index (χ4v) is 0.985. The number of benzene rings is 1. The normalized spacial score (nSPS) is 10.6. The molecule has 2 heteroatoms. The van der Waals surface area contributed by atoms with E-state index in [2.05, 4.69) is 11.8 Å². The highest BCUT2D eigenvalue weighted by molar-refractivity contribution is 8.00. The van der Waals surface area contributed by atoms with E-state index in [0.29, 0.717) is 5.56 Å². The maximum Gasteiger partial charge on any atom is 0.138 e. The van der Waals surface area contributed by atoms with E-state index in [1.807, 2.05) is 20.1 Å². The fraction of sp³-hybridized carbons (Fsp3) is 0.333. The van der Waals surface area contributed by atoms with Crippen molar-refractivity contribution in [2.75, 3.05) is 6.26 Å². The van der Waals surface area contributed by atoms with E-state index in [0.717, 1.165) is 0 Å². The lowest BCUT2D eigenvalue weighted by atomic mass is 10.1. The van der Waals surface area contributed by atoms with Gasteiger partial charge in [-0.25, -0.2) is 4.39 Å². The Morgan fingerprint density at radius 3 is 2.50 bits per heavy atom. The molecule has 0 spiro atoms. The molecule has 0 unspecified atom stereocenters. The van der Waals surface area contributed by atoms with Crippen LogP contribution in [0.15, 0.2) is 24.3 Å². The van der Waals surface area contributed by atoms with Crippen LogP contribution in [0.5, 0.6) is 0 Å². The molecular formula is C12H13FS. The summed E-state index contributed by atoms with van der Waals surface area (Å²) in [6.45, 7) is 4.04. The molecule has 74 valence electrons. The van der Waals surface area contributed by atoms with Gasteiger partial charge in [0, 0.05) is 0 Å². The van der Waals surface area contributed by atoms with Gasteiger partial charge in [0.2, 0.25) is 0 Å². The summed E-state index contributed by atoms with van der Waals surface area (Å²) in [5.41, 5.74) is 0.467. The zero-order valence-electron chi connectivity index (χ0n) is 8.60. The van der Waals surface area contributed by atoms with Gasteiger partial charge in [-0.2, -0.15) is 0 Å². The SMILES string of the molecule is CSC(C)(C)C#Cc1ccccc1F. The van der Waals surface area contributed by atoms with Gasteiger partial charge in [0.1, 0.15) is 5.82 Å². The van der Waals surface area contributed by atoms with Gasteiger partial charge in [0.15, 0.2) is 0 Å². The third-order valence-corrected chi connectivity index (χ3v) is 3.01. The van der Waals surface area contributed by atoms with E-state index in [4.69, 9.17) is 0 Å². The first-order chi connectivity index (χ1) is 6.55. The van der Waals surface area contributed by atoms with Crippen molar-refractivity contribution in [1.82, 2.24) is 0 Å². The number of hydrogen-bond donors (Lipinski definition) is 0. The van der Waals surface area contributed by atoms with E-state index >= 15 is 0 Å². The van der Waals surface area contributed by atoms with Crippen LogP contribution >= 0.6 is 11.8 Å². The zero-order valence-corrected chi connectivity index (χ0v) is 9.41. The lowest BCUT2D eigenvalue weighted by Gasteiger charge is -2.12. The van der Waals surface area contributed by atoms with Crippen molar-refractivity contribution in [3.8, 4) is 11.8 Å². The first-order valence-electron chi connectivity index (χ1n) is 4.38. The first-order valence-corrected chi connectivity index (χ1v) is 5.60. The molecule has 0 bridgehead atoms. The molecule has 0 amide bonds. The Kier molecular flexibility index (Phi) is 3.60. The Morgan fingerprint density at radius 1 is 1.29 bits per heavy atom. The molecule has 0 aliphatic heterocycles. The molecule has 1 rings (SSSR count).